The van der Waals surface area contributed by atoms with Crippen LogP contribution in [0.25, 0.3) is 0 Å². The zero-order valence-electron chi connectivity index (χ0n) is 13.0. The first-order valence-electron chi connectivity index (χ1n) is 7.44. The predicted octanol–water partition coefficient (Wildman–Crippen LogP) is 5.29. The van der Waals surface area contributed by atoms with Crippen LogP contribution in [0.15, 0.2) is 30.3 Å². The Labute approximate surface area is 164 Å². The summed E-state index contributed by atoms with van der Waals surface area (Å²) in [5.41, 5.74) is 1.47. The Kier molecular flexibility index (Phi) is 6.23. The van der Waals surface area contributed by atoms with Gasteiger partial charge in [0.1, 0.15) is 13.2 Å². The van der Waals surface area contributed by atoms with Crippen LogP contribution in [0.3, 0.4) is 0 Å². The van der Waals surface area contributed by atoms with E-state index < -0.39 is 0 Å². The standard InChI is InChI=1S/C17H14Cl3NO3S/c18-11-2-1-3-13(16(11)20)21-15(22)9-25-8-10-6-12(19)17-14(7-10)23-4-5-24-17/h1-3,6-7H,4-5,8-9H2,(H,21,22). The maximum Gasteiger partial charge on any atom is 0.234 e. The van der Waals surface area contributed by atoms with Crippen LogP contribution in [0, 0.1) is 0 Å². The molecule has 0 atom stereocenters. The van der Waals surface area contributed by atoms with E-state index in [0.29, 0.717) is 51.2 Å². The number of fused-ring (bicyclic) bond motifs is 1. The minimum Gasteiger partial charge on any atom is -0.486 e. The SMILES string of the molecule is O=C(CSCc1cc(Cl)c2c(c1)OCCO2)Nc1cccc(Cl)c1Cl. The zero-order chi connectivity index (χ0) is 17.8. The van der Waals surface area contributed by atoms with Crippen molar-refractivity contribution in [3.05, 3.63) is 51.0 Å². The number of carbonyl (C=O) groups excluding carboxylic acids is 1. The van der Waals surface area contributed by atoms with Crippen molar-refractivity contribution in [2.45, 2.75) is 5.75 Å². The van der Waals surface area contributed by atoms with Crippen molar-refractivity contribution in [2.24, 2.45) is 0 Å². The van der Waals surface area contributed by atoms with Crippen molar-refractivity contribution in [1.29, 1.82) is 0 Å². The molecule has 1 aliphatic heterocycles. The van der Waals surface area contributed by atoms with Crippen LogP contribution >= 0.6 is 46.6 Å². The van der Waals surface area contributed by atoms with E-state index in [2.05, 4.69) is 5.32 Å². The topological polar surface area (TPSA) is 47.6 Å². The lowest BCUT2D eigenvalue weighted by Gasteiger charge is -2.20. The van der Waals surface area contributed by atoms with Gasteiger partial charge >= 0.3 is 0 Å². The third-order valence-corrected chi connectivity index (χ3v) is 5.49. The van der Waals surface area contributed by atoms with Gasteiger partial charge in [0.05, 0.1) is 26.5 Å². The van der Waals surface area contributed by atoms with E-state index in [9.17, 15) is 4.79 Å². The second-order valence-corrected chi connectivity index (χ2v) is 7.42. The average Bonchev–Trinajstić information content (AvgIpc) is 2.59. The fourth-order valence-corrected chi connectivity index (χ4v) is 3.69. The van der Waals surface area contributed by atoms with Crippen LogP contribution in [-0.4, -0.2) is 24.9 Å². The molecule has 1 N–H and O–H groups in total. The highest BCUT2D eigenvalue weighted by Crippen LogP contribution is 2.39. The molecule has 0 bridgehead atoms. The highest BCUT2D eigenvalue weighted by atomic mass is 35.5. The number of benzene rings is 2. The van der Waals surface area contributed by atoms with E-state index in [0.717, 1.165) is 5.56 Å². The second-order valence-electron chi connectivity index (χ2n) is 5.24. The molecule has 132 valence electrons. The Morgan fingerprint density at radius 1 is 1.12 bits per heavy atom. The molecule has 0 unspecified atom stereocenters. The number of anilines is 1. The van der Waals surface area contributed by atoms with Crippen LogP contribution in [0.5, 0.6) is 11.5 Å². The third-order valence-electron chi connectivity index (χ3n) is 3.38. The van der Waals surface area contributed by atoms with E-state index in [1.165, 1.54) is 11.8 Å². The summed E-state index contributed by atoms with van der Waals surface area (Å²) in [6.07, 6.45) is 0. The maximum atomic E-state index is 12.1. The number of ether oxygens (including phenoxy) is 2. The molecule has 0 aliphatic carbocycles. The first-order valence-corrected chi connectivity index (χ1v) is 9.73. The van der Waals surface area contributed by atoms with Gasteiger partial charge in [-0.2, -0.15) is 0 Å². The first-order chi connectivity index (χ1) is 12.0. The number of hydrogen-bond donors (Lipinski definition) is 1. The highest BCUT2D eigenvalue weighted by molar-refractivity contribution is 7.99. The fraction of sp³-hybridized carbons (Fsp3) is 0.235. The lowest BCUT2D eigenvalue weighted by molar-refractivity contribution is -0.113. The molecule has 1 aliphatic rings. The van der Waals surface area contributed by atoms with Gasteiger partial charge in [0.25, 0.3) is 0 Å². The summed E-state index contributed by atoms with van der Waals surface area (Å²) in [6.45, 7) is 0.996. The average molecular weight is 419 g/mol. The van der Waals surface area contributed by atoms with Crippen molar-refractivity contribution in [3.63, 3.8) is 0 Å². The summed E-state index contributed by atoms with van der Waals surface area (Å²) in [5, 5.41) is 4.00. The van der Waals surface area contributed by atoms with Crippen molar-refractivity contribution in [2.75, 3.05) is 24.3 Å². The Hall–Kier alpha value is -1.27. The maximum absolute atomic E-state index is 12.1. The molecule has 2 aromatic carbocycles. The number of halogens is 3. The largest absolute Gasteiger partial charge is 0.486 e. The molecule has 1 heterocycles. The number of amides is 1. The third kappa shape index (κ3) is 4.67. The normalized spacial score (nSPS) is 12.8. The molecule has 8 heteroatoms. The number of nitrogens with one attached hydrogen (secondary N) is 1. The molecule has 0 saturated carbocycles. The van der Waals surface area contributed by atoms with E-state index in [1.54, 1.807) is 18.2 Å². The van der Waals surface area contributed by atoms with Crippen LogP contribution < -0.4 is 14.8 Å². The number of thioether (sulfide) groups is 1. The van der Waals surface area contributed by atoms with Crippen molar-refractivity contribution in [1.82, 2.24) is 0 Å². The summed E-state index contributed by atoms with van der Waals surface area (Å²) in [6, 6.07) is 8.82. The van der Waals surface area contributed by atoms with E-state index in [1.807, 2.05) is 12.1 Å². The van der Waals surface area contributed by atoms with E-state index in [4.69, 9.17) is 44.3 Å². The smallest absolute Gasteiger partial charge is 0.234 e. The quantitative estimate of drug-likeness (QED) is 0.716. The molecular weight excluding hydrogens is 405 g/mol. The molecule has 0 fully saturated rings. The van der Waals surface area contributed by atoms with Gasteiger partial charge in [-0.05, 0) is 29.8 Å². The van der Waals surface area contributed by atoms with Crippen molar-refractivity contribution >= 4 is 58.2 Å². The Morgan fingerprint density at radius 2 is 1.92 bits per heavy atom. The number of hydrogen-bond acceptors (Lipinski definition) is 4. The summed E-state index contributed by atoms with van der Waals surface area (Å²) in [4.78, 5) is 12.1. The van der Waals surface area contributed by atoms with Crippen molar-refractivity contribution in [3.8, 4) is 11.5 Å². The summed E-state index contributed by atoms with van der Waals surface area (Å²) >= 11 is 19.7. The highest BCUT2D eigenvalue weighted by Gasteiger charge is 2.17. The van der Waals surface area contributed by atoms with E-state index in [-0.39, 0.29) is 11.7 Å². The molecule has 0 spiro atoms. The van der Waals surface area contributed by atoms with Gasteiger partial charge in [0.15, 0.2) is 11.5 Å². The molecule has 1 amide bonds. The van der Waals surface area contributed by atoms with Crippen molar-refractivity contribution < 1.29 is 14.3 Å². The molecule has 0 aromatic heterocycles. The number of rotatable bonds is 5. The molecule has 0 saturated heterocycles. The van der Waals surface area contributed by atoms with Gasteiger partial charge < -0.3 is 14.8 Å². The van der Waals surface area contributed by atoms with Crippen LogP contribution in [-0.2, 0) is 10.5 Å². The summed E-state index contributed by atoms with van der Waals surface area (Å²) in [7, 11) is 0. The van der Waals surface area contributed by atoms with Gasteiger partial charge in [-0.3, -0.25) is 4.79 Å². The fourth-order valence-electron chi connectivity index (χ4n) is 2.30. The van der Waals surface area contributed by atoms with Gasteiger partial charge in [0.2, 0.25) is 5.91 Å². The first kappa shape index (κ1) is 18.5. The molecule has 4 nitrogen and oxygen atoms in total. The summed E-state index contributed by atoms with van der Waals surface area (Å²) < 4.78 is 11.0. The van der Waals surface area contributed by atoms with Gasteiger partial charge in [-0.1, -0.05) is 40.9 Å². The van der Waals surface area contributed by atoms with Gasteiger partial charge in [0, 0.05) is 5.75 Å². The van der Waals surface area contributed by atoms with Gasteiger partial charge in [-0.25, -0.2) is 0 Å². The van der Waals surface area contributed by atoms with E-state index >= 15 is 0 Å². The van der Waals surface area contributed by atoms with Crippen LogP contribution in [0.1, 0.15) is 5.56 Å². The molecule has 3 rings (SSSR count). The minimum absolute atomic E-state index is 0.155. The lowest BCUT2D eigenvalue weighted by atomic mass is 10.2. The molecular formula is C17H14Cl3NO3S. The predicted molar refractivity (Wildman–Crippen MR) is 104 cm³/mol. The Morgan fingerprint density at radius 3 is 2.76 bits per heavy atom. The van der Waals surface area contributed by atoms with Crippen LogP contribution in [0.4, 0.5) is 5.69 Å². The Bertz CT molecular complexity index is 801. The number of carbonyl (C=O) groups is 1. The zero-order valence-corrected chi connectivity index (χ0v) is 16.1. The second kappa shape index (κ2) is 8.41. The monoisotopic (exact) mass is 417 g/mol. The molecule has 2 aromatic rings. The Balaban J connectivity index is 1.55. The minimum atomic E-state index is -0.155. The lowest BCUT2D eigenvalue weighted by Crippen LogP contribution is -2.16. The molecule has 0 radical (unpaired) electrons. The molecule has 25 heavy (non-hydrogen) atoms. The van der Waals surface area contributed by atoms with Crippen LogP contribution in [0.2, 0.25) is 15.1 Å². The summed E-state index contributed by atoms with van der Waals surface area (Å²) in [5.74, 6) is 1.96. The van der Waals surface area contributed by atoms with Gasteiger partial charge in [-0.15, -0.1) is 11.8 Å².